The van der Waals surface area contributed by atoms with E-state index in [9.17, 15) is 14.0 Å². The average Bonchev–Trinajstić information content (AvgIpc) is 3.02. The highest BCUT2D eigenvalue weighted by atomic mass is 79.9. The van der Waals surface area contributed by atoms with Gasteiger partial charge in [0, 0.05) is 20.8 Å². The van der Waals surface area contributed by atoms with Gasteiger partial charge in [0.15, 0.2) is 0 Å². The number of rotatable bonds is 1. The molecule has 2 aliphatic rings. The van der Waals surface area contributed by atoms with Gasteiger partial charge in [-0.2, -0.15) is 0 Å². The maximum absolute atomic E-state index is 13.4. The fraction of sp³-hybridized carbons (Fsp3) is 0.158. The summed E-state index contributed by atoms with van der Waals surface area (Å²) in [6.45, 7) is 0. The van der Waals surface area contributed by atoms with E-state index in [1.165, 1.54) is 23.9 Å². The number of nitrogens with one attached hydrogen (secondary N) is 1. The molecule has 28 heavy (non-hydrogen) atoms. The molecule has 0 spiro atoms. The number of ether oxygens (including phenoxy) is 1. The lowest BCUT2D eigenvalue weighted by atomic mass is 9.78. The standard InChI is InChI=1S/C19H10Br2FNO3S2/c20-8-5-10-12-13(18(24)26-14(10)11(21)6-8)15(7-1-3-9(22)4-2-7)27-17-16(12)28-19(25)23-17/h1-6,12-13,15H,(H,23,25)/t12-,13+,15-/m1/s1. The lowest BCUT2D eigenvalue weighted by Crippen LogP contribution is -2.37. The van der Waals surface area contributed by atoms with E-state index in [1.54, 1.807) is 12.1 Å². The largest absolute Gasteiger partial charge is 0.425 e. The van der Waals surface area contributed by atoms with E-state index in [-0.39, 0.29) is 27.8 Å². The summed E-state index contributed by atoms with van der Waals surface area (Å²) >= 11 is 9.51. The summed E-state index contributed by atoms with van der Waals surface area (Å²) in [6, 6.07) is 9.87. The number of thioether (sulfide) groups is 1. The number of hydrogen-bond acceptors (Lipinski definition) is 5. The van der Waals surface area contributed by atoms with Gasteiger partial charge >= 0.3 is 10.8 Å². The molecule has 1 N–H and O–H groups in total. The molecule has 0 saturated carbocycles. The Bertz CT molecular complexity index is 1170. The smallest absolute Gasteiger partial charge is 0.316 e. The Morgan fingerprint density at radius 1 is 1.11 bits per heavy atom. The minimum absolute atomic E-state index is 0.162. The molecule has 2 aromatic carbocycles. The van der Waals surface area contributed by atoms with E-state index in [2.05, 4.69) is 36.8 Å². The zero-order chi connectivity index (χ0) is 19.6. The van der Waals surface area contributed by atoms with Gasteiger partial charge in [0.2, 0.25) is 0 Å². The van der Waals surface area contributed by atoms with Crippen molar-refractivity contribution in [2.75, 3.05) is 0 Å². The number of aromatic nitrogens is 1. The third kappa shape index (κ3) is 2.91. The van der Waals surface area contributed by atoms with Gasteiger partial charge in [-0.1, -0.05) is 51.2 Å². The lowest BCUT2D eigenvalue weighted by molar-refractivity contribution is -0.141. The summed E-state index contributed by atoms with van der Waals surface area (Å²) in [4.78, 5) is 28.7. The van der Waals surface area contributed by atoms with Crippen molar-refractivity contribution in [1.82, 2.24) is 4.98 Å². The van der Waals surface area contributed by atoms with Crippen molar-refractivity contribution in [3.05, 3.63) is 76.8 Å². The van der Waals surface area contributed by atoms with Crippen molar-refractivity contribution >= 4 is 60.9 Å². The van der Waals surface area contributed by atoms with Crippen LogP contribution in [0, 0.1) is 11.7 Å². The summed E-state index contributed by atoms with van der Waals surface area (Å²) in [6.07, 6.45) is 0. The molecule has 3 aromatic rings. The first-order chi connectivity index (χ1) is 13.4. The predicted octanol–water partition coefficient (Wildman–Crippen LogP) is 5.61. The minimum Gasteiger partial charge on any atom is -0.425 e. The van der Waals surface area contributed by atoms with E-state index in [1.807, 2.05) is 12.1 Å². The molecule has 0 amide bonds. The van der Waals surface area contributed by atoms with Gasteiger partial charge in [-0.05, 0) is 45.8 Å². The molecule has 0 bridgehead atoms. The van der Waals surface area contributed by atoms with Crippen LogP contribution < -0.4 is 9.61 Å². The van der Waals surface area contributed by atoms with Crippen LogP contribution in [0.3, 0.4) is 0 Å². The molecule has 3 atom stereocenters. The lowest BCUT2D eigenvalue weighted by Gasteiger charge is -2.39. The van der Waals surface area contributed by atoms with Crippen molar-refractivity contribution in [1.29, 1.82) is 0 Å². The quantitative estimate of drug-likeness (QED) is 0.320. The Hall–Kier alpha value is -1.42. The Balaban J connectivity index is 1.75. The first-order valence-corrected chi connectivity index (χ1v) is 11.6. The molecule has 0 aliphatic carbocycles. The van der Waals surface area contributed by atoms with Crippen molar-refractivity contribution in [3.8, 4) is 5.75 Å². The minimum atomic E-state index is -0.525. The zero-order valence-electron chi connectivity index (χ0n) is 13.9. The number of H-pyrrole nitrogens is 1. The molecule has 3 heterocycles. The Kier molecular flexibility index (Phi) is 4.53. The van der Waals surface area contributed by atoms with Gasteiger partial charge in [-0.25, -0.2) is 4.39 Å². The molecule has 2 aliphatic heterocycles. The predicted molar refractivity (Wildman–Crippen MR) is 113 cm³/mol. The molecular weight excluding hydrogens is 533 g/mol. The van der Waals surface area contributed by atoms with Crippen LogP contribution in [0.25, 0.3) is 0 Å². The second-order valence-electron chi connectivity index (χ2n) is 6.53. The van der Waals surface area contributed by atoms with Crippen molar-refractivity contribution in [2.45, 2.75) is 16.2 Å². The zero-order valence-corrected chi connectivity index (χ0v) is 18.7. The number of thiazole rings is 1. The number of esters is 1. The first-order valence-electron chi connectivity index (χ1n) is 8.28. The summed E-state index contributed by atoms with van der Waals surface area (Å²) in [5.41, 5.74) is 1.66. The summed E-state index contributed by atoms with van der Waals surface area (Å²) in [7, 11) is 0. The normalized spacial score (nSPS) is 22.8. The van der Waals surface area contributed by atoms with Crippen LogP contribution in [0.15, 0.2) is 55.2 Å². The SMILES string of the molecule is O=C1Oc2c(Br)cc(Br)cc2[C@H]2c3sc(=O)[nH]c3S[C@H](c3ccc(F)cc3)[C@@H]12. The van der Waals surface area contributed by atoms with E-state index in [4.69, 9.17) is 4.74 Å². The molecule has 0 unspecified atom stereocenters. The molecule has 5 rings (SSSR count). The van der Waals surface area contributed by atoms with Crippen molar-refractivity contribution < 1.29 is 13.9 Å². The molecule has 9 heteroatoms. The van der Waals surface area contributed by atoms with Crippen LogP contribution in [0.5, 0.6) is 5.75 Å². The van der Waals surface area contributed by atoms with Gasteiger partial charge in [0.1, 0.15) is 11.6 Å². The van der Waals surface area contributed by atoms with E-state index < -0.39 is 5.92 Å². The number of benzene rings is 2. The molecular formula is C19H10Br2FNO3S2. The number of hydrogen-bond donors (Lipinski definition) is 1. The maximum Gasteiger partial charge on any atom is 0.316 e. The van der Waals surface area contributed by atoms with E-state index >= 15 is 0 Å². The fourth-order valence-corrected chi connectivity index (χ4v) is 7.69. The maximum atomic E-state index is 13.4. The fourth-order valence-electron chi connectivity index (χ4n) is 3.77. The highest BCUT2D eigenvalue weighted by Crippen LogP contribution is 2.59. The topological polar surface area (TPSA) is 59.2 Å². The number of fused-ring (bicyclic) bond motifs is 5. The number of halogens is 3. The van der Waals surface area contributed by atoms with Gasteiger partial charge in [-0.3, -0.25) is 9.59 Å². The Morgan fingerprint density at radius 2 is 1.86 bits per heavy atom. The van der Waals surface area contributed by atoms with Crippen LogP contribution in [0.4, 0.5) is 4.39 Å². The third-order valence-electron chi connectivity index (χ3n) is 4.90. The summed E-state index contributed by atoms with van der Waals surface area (Å²) in [5.74, 6) is -1.06. The number of carbonyl (C=O) groups excluding carboxylic acids is 1. The van der Waals surface area contributed by atoms with Gasteiger partial charge in [0.05, 0.1) is 20.7 Å². The number of carbonyl (C=O) groups is 1. The Morgan fingerprint density at radius 3 is 2.61 bits per heavy atom. The summed E-state index contributed by atoms with van der Waals surface area (Å²) in [5, 5.41) is 0.448. The molecule has 142 valence electrons. The monoisotopic (exact) mass is 541 g/mol. The highest BCUT2D eigenvalue weighted by molar-refractivity contribution is 9.11. The van der Waals surface area contributed by atoms with E-state index in [0.29, 0.717) is 10.2 Å². The van der Waals surface area contributed by atoms with Crippen LogP contribution >= 0.6 is 55.0 Å². The molecule has 0 fully saturated rings. The molecule has 0 saturated heterocycles. The van der Waals surface area contributed by atoms with E-state index in [0.717, 1.165) is 36.8 Å². The average molecular weight is 543 g/mol. The van der Waals surface area contributed by atoms with Crippen LogP contribution in [0.2, 0.25) is 0 Å². The number of aromatic amines is 1. The molecule has 1 aromatic heterocycles. The van der Waals surface area contributed by atoms with Crippen molar-refractivity contribution in [3.63, 3.8) is 0 Å². The second-order valence-corrected chi connectivity index (χ2v) is 10.5. The van der Waals surface area contributed by atoms with Crippen molar-refractivity contribution in [2.24, 2.45) is 5.92 Å². The van der Waals surface area contributed by atoms with Gasteiger partial charge in [-0.15, -0.1) is 0 Å². The summed E-state index contributed by atoms with van der Waals surface area (Å²) < 4.78 is 20.7. The third-order valence-corrected chi connectivity index (χ3v) is 8.42. The first kappa shape index (κ1) is 18.6. The van der Waals surface area contributed by atoms with Crippen LogP contribution in [-0.2, 0) is 4.79 Å². The van der Waals surface area contributed by atoms with Gasteiger partial charge in [0.25, 0.3) is 0 Å². The highest BCUT2D eigenvalue weighted by Gasteiger charge is 2.50. The van der Waals surface area contributed by atoms with Crippen LogP contribution in [-0.4, -0.2) is 11.0 Å². The second kappa shape index (κ2) is 6.83. The van der Waals surface area contributed by atoms with Crippen LogP contribution in [0.1, 0.15) is 27.2 Å². The molecule has 4 nitrogen and oxygen atoms in total. The molecule has 0 radical (unpaired) electrons. The Labute approximate surface area is 183 Å². The van der Waals surface area contributed by atoms with Gasteiger partial charge < -0.3 is 9.72 Å².